The molecule has 2 aromatic rings. The number of urea groups is 1. The van der Waals surface area contributed by atoms with Crippen LogP contribution in [0.4, 0.5) is 20.6 Å². The molecule has 30 heavy (non-hydrogen) atoms. The Hall–Kier alpha value is -3.00. The van der Waals surface area contributed by atoms with Gasteiger partial charge in [0.05, 0.1) is 17.6 Å². The van der Waals surface area contributed by atoms with Crippen molar-refractivity contribution in [3.8, 4) is 0 Å². The van der Waals surface area contributed by atoms with Crippen LogP contribution in [-0.2, 0) is 11.3 Å². The Morgan fingerprint density at radius 3 is 2.50 bits per heavy atom. The fraction of sp³-hybridized carbons (Fsp3) is 0.409. The lowest BCUT2D eigenvalue weighted by Crippen LogP contribution is -2.44. The van der Waals surface area contributed by atoms with E-state index in [1.807, 2.05) is 18.9 Å². The summed E-state index contributed by atoms with van der Waals surface area (Å²) in [5, 5.41) is 0. The molecule has 160 valence electrons. The number of carbonyl (C=O) groups is 2. The molecule has 3 rings (SSSR count). The van der Waals surface area contributed by atoms with Gasteiger partial charge in [-0.2, -0.15) is 0 Å². The van der Waals surface area contributed by atoms with Crippen molar-refractivity contribution >= 4 is 23.3 Å². The van der Waals surface area contributed by atoms with Crippen LogP contribution >= 0.6 is 0 Å². The zero-order chi connectivity index (χ0) is 21.8. The van der Waals surface area contributed by atoms with Crippen LogP contribution in [0.2, 0.25) is 0 Å². The number of nitrogens with two attached hydrogens (primary N) is 1. The number of primary amides is 1. The number of carbonyl (C=O) groups excluding carboxylic acids is 2. The lowest BCUT2D eigenvalue weighted by molar-refractivity contribution is -0.130. The molecule has 8 heteroatoms. The molecule has 0 bridgehead atoms. The maximum absolute atomic E-state index is 14.6. The maximum atomic E-state index is 14.6. The molecule has 0 saturated carbocycles. The Kier molecular flexibility index (Phi) is 6.66. The van der Waals surface area contributed by atoms with Gasteiger partial charge in [-0.05, 0) is 56.6 Å². The number of amides is 3. The summed E-state index contributed by atoms with van der Waals surface area (Å²) in [6, 6.07) is 7.72. The number of likely N-dealkylation sites (tertiary alicyclic amines) is 1. The maximum Gasteiger partial charge on any atom is 0.324 e. The summed E-state index contributed by atoms with van der Waals surface area (Å²) in [4.78, 5) is 33.0. The minimum atomic E-state index is -0.776. The van der Waals surface area contributed by atoms with Crippen LogP contribution < -0.4 is 10.6 Å². The highest BCUT2D eigenvalue weighted by Crippen LogP contribution is 2.29. The molecule has 1 fully saturated rings. The number of rotatable bonds is 5. The molecular formula is C22H28FN5O2. The van der Waals surface area contributed by atoms with Crippen molar-refractivity contribution < 1.29 is 14.0 Å². The molecule has 3 amide bonds. The van der Waals surface area contributed by atoms with Gasteiger partial charge in [0.15, 0.2) is 0 Å². The standard InChI is InChI=1S/C22H28FN5O2/c1-15-4-6-19(13-25-15)28(22(24)30)21-12-17(5-7-20(21)23)14-26(3)18-8-10-27(11-9-18)16(2)29/h4-7,12-13,18H,8-11,14H2,1-3H3,(H2,24,30). The Morgan fingerprint density at radius 2 is 1.93 bits per heavy atom. The van der Waals surface area contributed by atoms with E-state index in [1.165, 1.54) is 12.3 Å². The molecule has 1 aromatic heterocycles. The van der Waals surface area contributed by atoms with E-state index in [-0.39, 0.29) is 11.6 Å². The van der Waals surface area contributed by atoms with Gasteiger partial charge in [-0.15, -0.1) is 0 Å². The summed E-state index contributed by atoms with van der Waals surface area (Å²) in [6.07, 6.45) is 3.29. The van der Waals surface area contributed by atoms with Crippen molar-refractivity contribution in [3.05, 3.63) is 53.6 Å². The van der Waals surface area contributed by atoms with E-state index in [0.717, 1.165) is 42.1 Å². The van der Waals surface area contributed by atoms with Crippen LogP contribution in [0, 0.1) is 12.7 Å². The first-order valence-electron chi connectivity index (χ1n) is 10.0. The molecule has 7 nitrogen and oxygen atoms in total. The van der Waals surface area contributed by atoms with E-state index < -0.39 is 11.8 Å². The highest BCUT2D eigenvalue weighted by molar-refractivity contribution is 5.98. The summed E-state index contributed by atoms with van der Waals surface area (Å²) in [7, 11) is 2.02. The molecule has 2 heterocycles. The number of aryl methyl sites for hydroxylation is 1. The SMILES string of the molecule is CC(=O)N1CCC(N(C)Cc2ccc(F)c(N(C(N)=O)c3ccc(C)nc3)c2)CC1. The molecule has 1 aliphatic heterocycles. The first kappa shape index (κ1) is 21.7. The number of anilines is 2. The average Bonchev–Trinajstić information content (AvgIpc) is 2.71. The number of piperidine rings is 1. The molecule has 1 aliphatic rings. The minimum Gasteiger partial charge on any atom is -0.351 e. The van der Waals surface area contributed by atoms with Crippen molar-refractivity contribution in [2.45, 2.75) is 39.3 Å². The van der Waals surface area contributed by atoms with Crippen LogP contribution in [0.5, 0.6) is 0 Å². The van der Waals surface area contributed by atoms with Gasteiger partial charge in [-0.3, -0.25) is 19.6 Å². The summed E-state index contributed by atoms with van der Waals surface area (Å²) >= 11 is 0. The predicted octanol–water partition coefficient (Wildman–Crippen LogP) is 3.19. The lowest BCUT2D eigenvalue weighted by atomic mass is 10.0. The van der Waals surface area contributed by atoms with Crippen LogP contribution in [0.15, 0.2) is 36.5 Å². The third kappa shape index (κ3) is 4.94. The van der Waals surface area contributed by atoms with Gasteiger partial charge in [0.2, 0.25) is 5.91 Å². The largest absolute Gasteiger partial charge is 0.351 e. The molecule has 1 saturated heterocycles. The molecule has 2 N–H and O–H groups in total. The smallest absolute Gasteiger partial charge is 0.324 e. The number of pyridine rings is 1. The third-order valence-electron chi connectivity index (χ3n) is 5.59. The van der Waals surface area contributed by atoms with Crippen molar-refractivity contribution in [1.82, 2.24) is 14.8 Å². The van der Waals surface area contributed by atoms with Crippen LogP contribution in [0.1, 0.15) is 31.0 Å². The lowest BCUT2D eigenvalue weighted by Gasteiger charge is -2.36. The molecule has 0 unspecified atom stereocenters. The monoisotopic (exact) mass is 413 g/mol. The van der Waals surface area contributed by atoms with E-state index in [2.05, 4.69) is 9.88 Å². The quantitative estimate of drug-likeness (QED) is 0.816. The first-order chi connectivity index (χ1) is 14.3. The molecule has 1 aromatic carbocycles. The van der Waals surface area contributed by atoms with Gasteiger partial charge in [-0.1, -0.05) is 6.07 Å². The molecule has 0 atom stereocenters. The highest BCUT2D eigenvalue weighted by atomic mass is 19.1. The number of benzene rings is 1. The zero-order valence-electron chi connectivity index (χ0n) is 17.6. The van der Waals surface area contributed by atoms with Gasteiger partial charge in [0.25, 0.3) is 0 Å². The fourth-order valence-electron chi connectivity index (χ4n) is 3.84. The Morgan fingerprint density at radius 1 is 1.23 bits per heavy atom. The highest BCUT2D eigenvalue weighted by Gasteiger charge is 2.25. The average molecular weight is 413 g/mol. The van der Waals surface area contributed by atoms with Crippen molar-refractivity contribution in [1.29, 1.82) is 0 Å². The Labute approximate surface area is 176 Å². The normalized spacial score (nSPS) is 14.8. The predicted molar refractivity (Wildman–Crippen MR) is 114 cm³/mol. The zero-order valence-corrected chi connectivity index (χ0v) is 17.6. The van der Waals surface area contributed by atoms with Crippen LogP contribution in [0.25, 0.3) is 0 Å². The first-order valence-corrected chi connectivity index (χ1v) is 10.0. The number of nitrogens with zero attached hydrogens (tertiary/aromatic N) is 4. The second-order valence-electron chi connectivity index (χ2n) is 7.77. The number of aromatic nitrogens is 1. The van der Waals surface area contributed by atoms with Crippen molar-refractivity contribution in [2.24, 2.45) is 5.73 Å². The van der Waals surface area contributed by atoms with Crippen LogP contribution in [-0.4, -0.2) is 52.9 Å². The fourth-order valence-corrected chi connectivity index (χ4v) is 3.84. The molecule has 0 spiro atoms. The molecule has 0 radical (unpaired) electrons. The van der Waals surface area contributed by atoms with Gasteiger partial charge in [-0.25, -0.2) is 9.18 Å². The van der Waals surface area contributed by atoms with Crippen LogP contribution in [0.3, 0.4) is 0 Å². The van der Waals surface area contributed by atoms with E-state index in [9.17, 15) is 14.0 Å². The van der Waals surface area contributed by atoms with Gasteiger partial charge >= 0.3 is 6.03 Å². The minimum absolute atomic E-state index is 0.102. The van der Waals surface area contributed by atoms with E-state index >= 15 is 0 Å². The van der Waals surface area contributed by atoms with Gasteiger partial charge in [0.1, 0.15) is 5.82 Å². The van der Waals surface area contributed by atoms with E-state index in [1.54, 1.807) is 31.2 Å². The van der Waals surface area contributed by atoms with E-state index in [4.69, 9.17) is 5.73 Å². The Bertz CT molecular complexity index is 910. The van der Waals surface area contributed by atoms with Gasteiger partial charge < -0.3 is 10.6 Å². The second kappa shape index (κ2) is 9.21. The Balaban J connectivity index is 1.78. The van der Waals surface area contributed by atoms with Crippen molar-refractivity contribution in [3.63, 3.8) is 0 Å². The summed E-state index contributed by atoms with van der Waals surface area (Å²) < 4.78 is 14.6. The third-order valence-corrected chi connectivity index (χ3v) is 5.59. The van der Waals surface area contributed by atoms with Gasteiger partial charge in [0, 0.05) is 38.3 Å². The number of hydrogen-bond donors (Lipinski definition) is 1. The summed E-state index contributed by atoms with van der Waals surface area (Å²) in [5.74, 6) is -0.424. The summed E-state index contributed by atoms with van der Waals surface area (Å²) in [6.45, 7) is 5.51. The summed E-state index contributed by atoms with van der Waals surface area (Å²) in [5.41, 5.74) is 7.73. The van der Waals surface area contributed by atoms with E-state index in [0.29, 0.717) is 18.3 Å². The topological polar surface area (TPSA) is 82.8 Å². The van der Waals surface area contributed by atoms with Crippen molar-refractivity contribution in [2.75, 3.05) is 25.0 Å². The number of halogens is 1. The number of hydrogen-bond acceptors (Lipinski definition) is 4. The molecule has 0 aliphatic carbocycles. The second-order valence-corrected chi connectivity index (χ2v) is 7.77. The molecular weight excluding hydrogens is 385 g/mol.